The molecule has 4 rings (SSSR count). The highest BCUT2D eigenvalue weighted by Crippen LogP contribution is 2.30. The van der Waals surface area contributed by atoms with E-state index in [2.05, 4.69) is 15.3 Å². The van der Waals surface area contributed by atoms with Crippen LogP contribution in [0.5, 0.6) is 0 Å². The lowest BCUT2D eigenvalue weighted by molar-refractivity contribution is 0.102. The molecule has 0 radical (unpaired) electrons. The molecule has 32 heavy (non-hydrogen) atoms. The van der Waals surface area contributed by atoms with Crippen LogP contribution < -0.4 is 15.4 Å². The lowest BCUT2D eigenvalue weighted by atomic mass is 10.1. The Bertz CT molecular complexity index is 1390. The zero-order chi connectivity index (χ0) is 23.1. The first-order valence-corrected chi connectivity index (χ1v) is 10.5. The van der Waals surface area contributed by atoms with Crippen molar-refractivity contribution in [2.45, 2.75) is 10.9 Å². The Morgan fingerprint density at radius 2 is 1.81 bits per heavy atom. The van der Waals surface area contributed by atoms with Gasteiger partial charge >= 0.3 is 0 Å². The number of amides is 1. The van der Waals surface area contributed by atoms with Crippen LogP contribution in [0.25, 0.3) is 10.9 Å². The predicted molar refractivity (Wildman–Crippen MR) is 111 cm³/mol. The monoisotopic (exact) mass is 461 g/mol. The third kappa shape index (κ3) is 4.45. The van der Waals surface area contributed by atoms with Crippen LogP contribution in [-0.4, -0.2) is 30.2 Å². The van der Waals surface area contributed by atoms with E-state index in [0.29, 0.717) is 23.1 Å². The Hall–Kier alpha value is -3.77. The first kappa shape index (κ1) is 21.5. The molecule has 3 N–H and O–H groups in total. The van der Waals surface area contributed by atoms with E-state index in [1.807, 2.05) is 0 Å². The molecule has 8 nitrogen and oxygen atoms in total. The smallest absolute Gasteiger partial charge is 0.288 e. The minimum absolute atomic E-state index is 0.00494. The quantitative estimate of drug-likeness (QED) is 0.616. The Balaban J connectivity index is 1.78. The van der Waals surface area contributed by atoms with Gasteiger partial charge in [-0.05, 0) is 30.3 Å². The molecule has 3 heterocycles. The van der Waals surface area contributed by atoms with Crippen molar-refractivity contribution in [3.8, 4) is 0 Å². The fourth-order valence-electron chi connectivity index (χ4n) is 2.95. The summed E-state index contributed by atoms with van der Waals surface area (Å²) < 4.78 is 63.6. The van der Waals surface area contributed by atoms with Crippen molar-refractivity contribution in [3.05, 3.63) is 78.5 Å². The molecule has 1 aliphatic heterocycles. The highest BCUT2D eigenvalue weighted by atomic mass is 32.2. The average molecular weight is 461 g/mol. The van der Waals surface area contributed by atoms with Gasteiger partial charge in [0.2, 0.25) is 0 Å². The minimum Gasteiger partial charge on any atom is -0.322 e. The van der Waals surface area contributed by atoms with Gasteiger partial charge < -0.3 is 10.2 Å². The van der Waals surface area contributed by atoms with Crippen molar-refractivity contribution < 1.29 is 26.4 Å². The fraction of sp³-hybridized carbons (Fsp3) is 0.0500. The molecule has 0 spiro atoms. The van der Waals surface area contributed by atoms with Gasteiger partial charge in [0.15, 0.2) is 5.03 Å². The number of sulfonamides is 1. The molecule has 12 heteroatoms. The molecule has 0 atom stereocenters. The number of nitrogens with two attached hydrogens (primary N) is 1. The molecule has 2 aromatic heterocycles. The van der Waals surface area contributed by atoms with E-state index in [1.165, 1.54) is 35.2 Å². The predicted octanol–water partition coefficient (Wildman–Crippen LogP) is 3.15. The molecular weight excluding hydrogens is 447 g/mol. The minimum atomic E-state index is -4.11. The van der Waals surface area contributed by atoms with Gasteiger partial charge in [-0.2, -0.15) is 8.78 Å². The van der Waals surface area contributed by atoms with E-state index in [1.54, 1.807) is 0 Å². The largest absolute Gasteiger partial charge is 0.322 e. The van der Waals surface area contributed by atoms with E-state index in [0.717, 1.165) is 24.7 Å². The standard InChI is InChI=1S/C20H14F3N5O3S/c21-13-1-2-16-12(9-13)10-15(18(27-16)28-7-4-20(22,23)5-8-28)19(29)26-14-3-6-25-17(11-14)32(24,30)31/h1-11H,(H2,24,30,31)(H,25,26,29). The van der Waals surface area contributed by atoms with E-state index in [9.17, 15) is 26.4 Å². The van der Waals surface area contributed by atoms with E-state index >= 15 is 0 Å². The summed E-state index contributed by atoms with van der Waals surface area (Å²) >= 11 is 0. The van der Waals surface area contributed by atoms with Crippen LogP contribution in [0.1, 0.15) is 10.4 Å². The molecule has 0 unspecified atom stereocenters. The van der Waals surface area contributed by atoms with Crippen molar-refractivity contribution in [1.82, 2.24) is 9.97 Å². The number of nitrogens with one attached hydrogen (secondary N) is 1. The van der Waals surface area contributed by atoms with Crippen LogP contribution in [0.4, 0.5) is 24.7 Å². The Morgan fingerprint density at radius 1 is 1.09 bits per heavy atom. The molecule has 0 fully saturated rings. The highest BCUT2D eigenvalue weighted by Gasteiger charge is 2.27. The third-order valence-electron chi connectivity index (χ3n) is 4.44. The Labute approximate surface area is 179 Å². The van der Waals surface area contributed by atoms with Crippen LogP contribution in [0.15, 0.2) is 72.2 Å². The molecule has 3 aromatic rings. The molecule has 1 aliphatic rings. The van der Waals surface area contributed by atoms with Crippen molar-refractivity contribution in [3.63, 3.8) is 0 Å². The number of benzene rings is 1. The number of halogens is 3. The van der Waals surface area contributed by atoms with Gasteiger partial charge in [0.25, 0.3) is 21.9 Å². The van der Waals surface area contributed by atoms with Crippen LogP contribution in [0.2, 0.25) is 0 Å². The second kappa shape index (κ2) is 7.73. The summed E-state index contributed by atoms with van der Waals surface area (Å²) in [5.41, 5.74) is 0.324. The molecule has 0 aliphatic carbocycles. The Kier molecular flexibility index (Phi) is 5.18. The van der Waals surface area contributed by atoms with Gasteiger partial charge in [-0.1, -0.05) is 0 Å². The number of carbonyl (C=O) groups is 1. The maximum atomic E-state index is 13.7. The number of hydrogen-bond donors (Lipinski definition) is 2. The first-order chi connectivity index (χ1) is 15.0. The number of alkyl halides is 2. The lowest BCUT2D eigenvalue weighted by Crippen LogP contribution is -2.23. The van der Waals surface area contributed by atoms with Gasteiger partial charge in [-0.15, -0.1) is 0 Å². The molecular formula is C20H14F3N5O3S. The second-order valence-corrected chi connectivity index (χ2v) is 8.30. The maximum absolute atomic E-state index is 13.7. The zero-order valence-electron chi connectivity index (χ0n) is 16.0. The lowest BCUT2D eigenvalue weighted by Gasteiger charge is -2.23. The van der Waals surface area contributed by atoms with Crippen LogP contribution >= 0.6 is 0 Å². The van der Waals surface area contributed by atoms with Gasteiger partial charge in [0.05, 0.1) is 11.1 Å². The fourth-order valence-corrected chi connectivity index (χ4v) is 3.45. The van der Waals surface area contributed by atoms with Gasteiger partial charge in [-0.3, -0.25) is 4.79 Å². The van der Waals surface area contributed by atoms with Crippen LogP contribution in [-0.2, 0) is 10.0 Å². The van der Waals surface area contributed by atoms with Crippen molar-refractivity contribution in [2.24, 2.45) is 5.14 Å². The summed E-state index contributed by atoms with van der Waals surface area (Å²) in [4.78, 5) is 22.2. The van der Waals surface area contributed by atoms with Crippen molar-refractivity contribution in [1.29, 1.82) is 0 Å². The summed E-state index contributed by atoms with van der Waals surface area (Å²) in [6.07, 6.45) is 4.52. The summed E-state index contributed by atoms with van der Waals surface area (Å²) in [5.74, 6) is -4.45. The summed E-state index contributed by atoms with van der Waals surface area (Å²) in [7, 11) is -4.11. The number of allylic oxidation sites excluding steroid dienone is 2. The van der Waals surface area contributed by atoms with Crippen molar-refractivity contribution >= 4 is 38.3 Å². The van der Waals surface area contributed by atoms with Gasteiger partial charge in [0.1, 0.15) is 11.6 Å². The molecule has 0 bridgehead atoms. The number of pyridine rings is 2. The number of fused-ring (bicyclic) bond motifs is 1. The topological polar surface area (TPSA) is 118 Å². The summed E-state index contributed by atoms with van der Waals surface area (Å²) in [6, 6.07) is 7.49. The first-order valence-electron chi connectivity index (χ1n) is 8.97. The maximum Gasteiger partial charge on any atom is 0.288 e. The molecule has 0 saturated heterocycles. The molecule has 1 amide bonds. The number of primary sulfonamides is 1. The number of rotatable bonds is 4. The SMILES string of the molecule is NS(=O)(=O)c1cc(NC(=O)c2cc3cc(F)ccc3nc2N2C=CC(F)(F)C=C2)ccn1. The number of hydrogen-bond acceptors (Lipinski definition) is 6. The molecule has 1 aromatic carbocycles. The van der Waals surface area contributed by atoms with Crippen molar-refractivity contribution in [2.75, 3.05) is 10.2 Å². The molecule has 0 saturated carbocycles. The second-order valence-electron chi connectivity index (χ2n) is 6.79. The highest BCUT2D eigenvalue weighted by molar-refractivity contribution is 7.89. The Morgan fingerprint density at radius 3 is 2.50 bits per heavy atom. The van der Waals surface area contributed by atoms with E-state index in [-0.39, 0.29) is 17.1 Å². The normalized spacial score (nSPS) is 15.2. The van der Waals surface area contributed by atoms with Gasteiger partial charge in [-0.25, -0.2) is 27.9 Å². The van der Waals surface area contributed by atoms with Gasteiger partial charge in [0, 0.05) is 47.9 Å². The summed E-state index contributed by atoms with van der Waals surface area (Å²) in [6.45, 7) is 0. The number of aromatic nitrogens is 2. The number of anilines is 2. The van der Waals surface area contributed by atoms with E-state index < -0.39 is 32.7 Å². The molecule has 164 valence electrons. The average Bonchev–Trinajstić information content (AvgIpc) is 2.72. The third-order valence-corrected chi connectivity index (χ3v) is 5.25. The summed E-state index contributed by atoms with van der Waals surface area (Å²) in [5, 5.41) is 7.39. The van der Waals surface area contributed by atoms with Crippen LogP contribution in [0, 0.1) is 5.82 Å². The number of nitrogens with zero attached hydrogens (tertiary/aromatic N) is 3. The number of carbonyl (C=O) groups excluding carboxylic acids is 1. The zero-order valence-corrected chi connectivity index (χ0v) is 16.9. The van der Waals surface area contributed by atoms with Crippen LogP contribution in [0.3, 0.4) is 0 Å². The van der Waals surface area contributed by atoms with E-state index in [4.69, 9.17) is 5.14 Å².